The largest absolute Gasteiger partial charge is 0.279 e. The van der Waals surface area contributed by atoms with Gasteiger partial charge in [-0.1, -0.05) is 15.9 Å². The van der Waals surface area contributed by atoms with Crippen LogP contribution in [0.15, 0.2) is 54.7 Å². The van der Waals surface area contributed by atoms with Crippen LogP contribution in [0.4, 0.5) is 10.1 Å². The van der Waals surface area contributed by atoms with Crippen molar-refractivity contribution in [3.05, 3.63) is 55.6 Å². The molecule has 2 aromatic rings. The van der Waals surface area contributed by atoms with Gasteiger partial charge in [-0.25, -0.2) is 12.8 Å². The van der Waals surface area contributed by atoms with Gasteiger partial charge in [0.25, 0.3) is 10.0 Å². The fourth-order valence-electron chi connectivity index (χ4n) is 1.46. The van der Waals surface area contributed by atoms with Gasteiger partial charge in [0, 0.05) is 8.95 Å². The summed E-state index contributed by atoms with van der Waals surface area (Å²) in [4.78, 5) is 0.0732. The molecule has 20 heavy (non-hydrogen) atoms. The minimum absolute atomic E-state index is 0.0732. The number of anilines is 1. The van der Waals surface area contributed by atoms with E-state index >= 15 is 0 Å². The average molecular weight is 488 g/mol. The van der Waals surface area contributed by atoms with E-state index in [0.29, 0.717) is 4.47 Å². The minimum Gasteiger partial charge on any atom is -0.279 e. The Morgan fingerprint density at radius 2 is 1.65 bits per heavy atom. The van der Waals surface area contributed by atoms with Gasteiger partial charge in [0.15, 0.2) is 0 Å². The molecule has 8 heteroatoms. The number of sulfonamides is 1. The second-order valence-corrected chi connectivity index (χ2v) is 8.08. The second kappa shape index (κ2) is 6.13. The molecule has 0 amide bonds. The number of hydrogen-bond acceptors (Lipinski definition) is 2. The Bertz CT molecular complexity index is 765. The Balaban J connectivity index is 2.38. The molecule has 2 aromatic carbocycles. The summed E-state index contributed by atoms with van der Waals surface area (Å²) in [5.41, 5.74) is 0.153. The Kier molecular flexibility index (Phi) is 4.88. The van der Waals surface area contributed by atoms with Crippen molar-refractivity contribution in [3.8, 4) is 0 Å². The van der Waals surface area contributed by atoms with Gasteiger partial charge in [-0.3, -0.25) is 4.72 Å². The number of nitrogens with one attached hydrogen (secondary N) is 1. The molecule has 1 N–H and O–H groups in total. The van der Waals surface area contributed by atoms with Crippen LogP contribution in [0, 0.1) is 5.82 Å². The van der Waals surface area contributed by atoms with Gasteiger partial charge in [-0.05, 0) is 68.3 Å². The molecule has 3 nitrogen and oxygen atoms in total. The predicted octanol–water partition coefficient (Wildman–Crippen LogP) is 4.91. The molecule has 0 fully saturated rings. The van der Waals surface area contributed by atoms with E-state index in [0.717, 1.165) is 10.5 Å². The standard InChI is InChI=1S/C12H7Br3FNO2S/c13-7-1-4-12(10(15)5-7)20(18,19)17-8-2-3-9(14)11(16)6-8/h1-6,17H. The number of hydrogen-bond donors (Lipinski definition) is 1. The maximum atomic E-state index is 13.4. The van der Waals surface area contributed by atoms with Gasteiger partial charge in [0.1, 0.15) is 10.7 Å². The van der Waals surface area contributed by atoms with E-state index in [1.807, 2.05) is 0 Å². The molecule has 106 valence electrons. The van der Waals surface area contributed by atoms with Crippen LogP contribution in [0.2, 0.25) is 0 Å². The van der Waals surface area contributed by atoms with Crippen LogP contribution in [-0.4, -0.2) is 8.42 Å². The van der Waals surface area contributed by atoms with Crippen LogP contribution in [0.5, 0.6) is 0 Å². The summed E-state index contributed by atoms with van der Waals surface area (Å²) < 4.78 is 41.6. The van der Waals surface area contributed by atoms with Gasteiger partial charge in [-0.2, -0.15) is 0 Å². The molecule has 0 aliphatic heterocycles. The van der Waals surface area contributed by atoms with E-state index in [9.17, 15) is 12.8 Å². The third kappa shape index (κ3) is 3.60. The van der Waals surface area contributed by atoms with E-state index in [-0.39, 0.29) is 15.1 Å². The third-order valence-corrected chi connectivity index (χ3v) is 5.85. The zero-order valence-electron chi connectivity index (χ0n) is 9.70. The zero-order chi connectivity index (χ0) is 14.9. The Hall–Kier alpha value is -0.440. The molecule has 0 bridgehead atoms. The van der Waals surface area contributed by atoms with Gasteiger partial charge in [-0.15, -0.1) is 0 Å². The fourth-order valence-corrected chi connectivity index (χ4v) is 4.51. The van der Waals surface area contributed by atoms with Crippen molar-refractivity contribution in [2.45, 2.75) is 4.90 Å². The van der Waals surface area contributed by atoms with Crippen LogP contribution in [-0.2, 0) is 10.0 Å². The second-order valence-electron chi connectivity index (χ2n) is 3.81. The van der Waals surface area contributed by atoms with Crippen LogP contribution in [0.3, 0.4) is 0 Å². The molecule has 2 rings (SSSR count). The summed E-state index contributed by atoms with van der Waals surface area (Å²) in [6.45, 7) is 0. The zero-order valence-corrected chi connectivity index (χ0v) is 15.3. The summed E-state index contributed by atoms with van der Waals surface area (Å²) in [6, 6.07) is 8.69. The lowest BCUT2D eigenvalue weighted by molar-refractivity contribution is 0.600. The Morgan fingerprint density at radius 3 is 2.25 bits per heavy atom. The van der Waals surface area contributed by atoms with Gasteiger partial charge in [0.05, 0.1) is 10.2 Å². The summed E-state index contributed by atoms with van der Waals surface area (Å²) in [7, 11) is -3.79. The summed E-state index contributed by atoms with van der Waals surface area (Å²) in [6.07, 6.45) is 0. The Labute approximate surface area is 141 Å². The molecular weight excluding hydrogens is 481 g/mol. The predicted molar refractivity (Wildman–Crippen MR) is 86.8 cm³/mol. The highest BCUT2D eigenvalue weighted by atomic mass is 79.9. The first-order valence-electron chi connectivity index (χ1n) is 5.22. The molecule has 0 aliphatic carbocycles. The van der Waals surface area contributed by atoms with Crippen molar-refractivity contribution in [1.82, 2.24) is 0 Å². The fraction of sp³-hybridized carbons (Fsp3) is 0. The minimum atomic E-state index is -3.79. The van der Waals surface area contributed by atoms with Gasteiger partial charge >= 0.3 is 0 Å². The highest BCUT2D eigenvalue weighted by Crippen LogP contribution is 2.28. The quantitative estimate of drug-likeness (QED) is 0.668. The van der Waals surface area contributed by atoms with Crippen LogP contribution in [0.1, 0.15) is 0 Å². The van der Waals surface area contributed by atoms with E-state index in [1.165, 1.54) is 18.2 Å². The lowest BCUT2D eigenvalue weighted by Crippen LogP contribution is -2.13. The van der Waals surface area contributed by atoms with Crippen molar-refractivity contribution < 1.29 is 12.8 Å². The molecule has 0 saturated carbocycles. The molecule has 0 spiro atoms. The summed E-state index contributed by atoms with van der Waals surface area (Å²) in [5, 5.41) is 0. The first-order chi connectivity index (χ1) is 9.29. The van der Waals surface area contributed by atoms with E-state index in [4.69, 9.17) is 0 Å². The normalized spacial score (nSPS) is 11.4. The van der Waals surface area contributed by atoms with Crippen LogP contribution < -0.4 is 4.72 Å². The maximum absolute atomic E-state index is 13.4. The van der Waals surface area contributed by atoms with Gasteiger partial charge in [0.2, 0.25) is 0 Å². The molecule has 0 saturated heterocycles. The smallest absolute Gasteiger partial charge is 0.263 e. The lowest BCUT2D eigenvalue weighted by Gasteiger charge is -2.10. The first kappa shape index (κ1) is 15.9. The number of benzene rings is 2. The van der Waals surface area contributed by atoms with Crippen molar-refractivity contribution in [2.24, 2.45) is 0 Å². The third-order valence-electron chi connectivity index (χ3n) is 2.36. The highest BCUT2D eigenvalue weighted by Gasteiger charge is 2.18. The van der Waals surface area contributed by atoms with E-state index < -0.39 is 15.8 Å². The van der Waals surface area contributed by atoms with Crippen LogP contribution in [0.25, 0.3) is 0 Å². The Morgan fingerprint density at radius 1 is 0.950 bits per heavy atom. The summed E-state index contributed by atoms with van der Waals surface area (Å²) in [5.74, 6) is -0.542. The molecular formula is C12H7Br3FNO2S. The maximum Gasteiger partial charge on any atom is 0.263 e. The molecule has 0 radical (unpaired) electrons. The van der Waals surface area contributed by atoms with E-state index in [1.54, 1.807) is 12.1 Å². The number of halogens is 4. The average Bonchev–Trinajstić information content (AvgIpc) is 2.33. The van der Waals surface area contributed by atoms with Gasteiger partial charge < -0.3 is 0 Å². The number of rotatable bonds is 3. The molecule has 0 atom stereocenters. The molecule has 0 heterocycles. The molecule has 0 aliphatic rings. The van der Waals surface area contributed by atoms with Crippen molar-refractivity contribution in [1.29, 1.82) is 0 Å². The van der Waals surface area contributed by atoms with E-state index in [2.05, 4.69) is 52.5 Å². The molecule has 0 unspecified atom stereocenters. The molecule has 0 aromatic heterocycles. The first-order valence-corrected chi connectivity index (χ1v) is 9.09. The van der Waals surface area contributed by atoms with Crippen molar-refractivity contribution >= 4 is 63.5 Å². The van der Waals surface area contributed by atoms with Crippen LogP contribution >= 0.6 is 47.8 Å². The monoisotopic (exact) mass is 485 g/mol. The van der Waals surface area contributed by atoms with Crippen molar-refractivity contribution in [3.63, 3.8) is 0 Å². The topological polar surface area (TPSA) is 46.2 Å². The lowest BCUT2D eigenvalue weighted by atomic mass is 10.3. The van der Waals surface area contributed by atoms with Crippen molar-refractivity contribution in [2.75, 3.05) is 4.72 Å². The highest BCUT2D eigenvalue weighted by molar-refractivity contribution is 9.11. The SMILES string of the molecule is O=S(=O)(Nc1ccc(Br)c(F)c1)c1ccc(Br)cc1Br. The summed E-state index contributed by atoms with van der Waals surface area (Å²) >= 11 is 9.45.